The number of nitrogens with two attached hydrogens (primary N) is 1. The summed E-state index contributed by atoms with van der Waals surface area (Å²) in [4.78, 5) is 13.3. The summed E-state index contributed by atoms with van der Waals surface area (Å²) in [6.07, 6.45) is -3.64. The van der Waals surface area contributed by atoms with Crippen LogP contribution < -0.4 is 11.1 Å². The highest BCUT2D eigenvalue weighted by atomic mass is 19.4. The smallest absolute Gasteiger partial charge is 0.330 e. The maximum atomic E-state index is 12.5. The van der Waals surface area contributed by atoms with Crippen LogP contribution in [-0.4, -0.2) is 30.6 Å². The van der Waals surface area contributed by atoms with Crippen LogP contribution in [-0.2, 0) is 6.18 Å². The fourth-order valence-electron chi connectivity index (χ4n) is 2.16. The Labute approximate surface area is 114 Å². The van der Waals surface area contributed by atoms with Crippen molar-refractivity contribution >= 4 is 6.03 Å². The zero-order valence-electron chi connectivity index (χ0n) is 10.8. The Kier molecular flexibility index (Phi) is 4.17. The molecule has 20 heavy (non-hydrogen) atoms. The molecule has 1 saturated heterocycles. The SMILES string of the molecule is NCCCN1CC(c2ccc(C(F)(F)F)cc2)NC1=O. The molecule has 0 bridgehead atoms. The second-order valence-corrected chi connectivity index (χ2v) is 4.71. The van der Waals surface area contributed by atoms with Crippen molar-refractivity contribution in [1.29, 1.82) is 0 Å². The Bertz CT molecular complexity index is 473. The Morgan fingerprint density at radius 1 is 1.30 bits per heavy atom. The molecule has 4 nitrogen and oxygen atoms in total. The van der Waals surface area contributed by atoms with E-state index in [0.29, 0.717) is 31.6 Å². The highest BCUT2D eigenvalue weighted by Gasteiger charge is 2.32. The summed E-state index contributed by atoms with van der Waals surface area (Å²) in [6.45, 7) is 1.50. The van der Waals surface area contributed by atoms with Gasteiger partial charge in [0, 0.05) is 13.1 Å². The molecule has 2 amide bonds. The third-order valence-electron chi connectivity index (χ3n) is 3.26. The summed E-state index contributed by atoms with van der Waals surface area (Å²) in [5, 5.41) is 2.75. The Hall–Kier alpha value is -1.76. The van der Waals surface area contributed by atoms with Gasteiger partial charge in [0.1, 0.15) is 0 Å². The monoisotopic (exact) mass is 287 g/mol. The molecule has 110 valence electrons. The molecule has 0 aromatic heterocycles. The van der Waals surface area contributed by atoms with Gasteiger partial charge in [0.15, 0.2) is 0 Å². The fourth-order valence-corrected chi connectivity index (χ4v) is 2.16. The van der Waals surface area contributed by atoms with Gasteiger partial charge in [-0.25, -0.2) is 4.79 Å². The van der Waals surface area contributed by atoms with Crippen LogP contribution in [0, 0.1) is 0 Å². The lowest BCUT2D eigenvalue weighted by Gasteiger charge is -2.14. The summed E-state index contributed by atoms with van der Waals surface area (Å²) in [5.74, 6) is 0. The molecular formula is C13H16F3N3O. The number of carbonyl (C=O) groups excluding carboxylic acids is 1. The minimum absolute atomic E-state index is 0.205. The van der Waals surface area contributed by atoms with Gasteiger partial charge in [0.25, 0.3) is 0 Å². The van der Waals surface area contributed by atoms with Gasteiger partial charge in [-0.3, -0.25) is 0 Å². The molecule has 3 N–H and O–H groups in total. The summed E-state index contributed by atoms with van der Waals surface area (Å²) >= 11 is 0. The summed E-state index contributed by atoms with van der Waals surface area (Å²) in [5.41, 5.74) is 5.37. The maximum absolute atomic E-state index is 12.5. The molecule has 1 aliphatic rings. The van der Waals surface area contributed by atoms with Gasteiger partial charge < -0.3 is 16.0 Å². The molecule has 7 heteroatoms. The van der Waals surface area contributed by atoms with Crippen molar-refractivity contribution in [2.75, 3.05) is 19.6 Å². The maximum Gasteiger partial charge on any atom is 0.416 e. The van der Waals surface area contributed by atoms with Crippen LogP contribution in [0.25, 0.3) is 0 Å². The zero-order chi connectivity index (χ0) is 14.8. The predicted molar refractivity (Wildman–Crippen MR) is 68.0 cm³/mol. The second kappa shape index (κ2) is 5.70. The lowest BCUT2D eigenvalue weighted by atomic mass is 10.1. The number of hydrogen-bond donors (Lipinski definition) is 2. The molecule has 0 aliphatic carbocycles. The van der Waals surface area contributed by atoms with Crippen LogP contribution in [0.15, 0.2) is 24.3 Å². The number of hydrogen-bond acceptors (Lipinski definition) is 2. The van der Waals surface area contributed by atoms with Crippen LogP contribution in [0.2, 0.25) is 0 Å². The Morgan fingerprint density at radius 2 is 1.95 bits per heavy atom. The number of carbonyl (C=O) groups is 1. The first-order chi connectivity index (χ1) is 9.41. The van der Waals surface area contributed by atoms with Gasteiger partial charge >= 0.3 is 12.2 Å². The van der Waals surface area contributed by atoms with Crippen molar-refractivity contribution in [1.82, 2.24) is 10.2 Å². The van der Waals surface area contributed by atoms with E-state index in [1.54, 1.807) is 4.90 Å². The number of urea groups is 1. The lowest BCUT2D eigenvalue weighted by molar-refractivity contribution is -0.137. The number of alkyl halides is 3. The van der Waals surface area contributed by atoms with Gasteiger partial charge in [0.05, 0.1) is 11.6 Å². The molecule has 0 radical (unpaired) electrons. The molecule has 0 spiro atoms. The average molecular weight is 287 g/mol. The molecule has 2 rings (SSSR count). The molecule has 1 fully saturated rings. The normalized spacial score (nSPS) is 19.3. The molecule has 1 atom stereocenters. The van der Waals surface area contributed by atoms with Gasteiger partial charge in [-0.05, 0) is 30.7 Å². The number of rotatable bonds is 4. The van der Waals surface area contributed by atoms with Crippen molar-refractivity contribution in [3.63, 3.8) is 0 Å². The lowest BCUT2D eigenvalue weighted by Crippen LogP contribution is -2.30. The van der Waals surface area contributed by atoms with Crippen molar-refractivity contribution < 1.29 is 18.0 Å². The molecule has 1 aromatic carbocycles. The molecule has 1 heterocycles. The first kappa shape index (κ1) is 14.6. The fraction of sp³-hybridized carbons (Fsp3) is 0.462. The van der Waals surface area contributed by atoms with Gasteiger partial charge in [-0.15, -0.1) is 0 Å². The van der Waals surface area contributed by atoms with E-state index >= 15 is 0 Å². The molecule has 1 aliphatic heterocycles. The largest absolute Gasteiger partial charge is 0.416 e. The number of halogens is 3. The van der Waals surface area contributed by atoms with Crippen LogP contribution in [0.5, 0.6) is 0 Å². The van der Waals surface area contributed by atoms with Crippen molar-refractivity contribution in [2.24, 2.45) is 5.73 Å². The summed E-state index contributed by atoms with van der Waals surface area (Å²) in [7, 11) is 0. The van der Waals surface area contributed by atoms with Crippen LogP contribution in [0.3, 0.4) is 0 Å². The first-order valence-electron chi connectivity index (χ1n) is 6.34. The Morgan fingerprint density at radius 3 is 2.50 bits per heavy atom. The van der Waals surface area contributed by atoms with E-state index in [4.69, 9.17) is 5.73 Å². The van der Waals surface area contributed by atoms with E-state index in [1.165, 1.54) is 12.1 Å². The summed E-state index contributed by atoms with van der Waals surface area (Å²) in [6, 6.07) is 4.39. The molecule has 1 unspecified atom stereocenters. The minimum atomic E-state index is -4.34. The standard InChI is InChI=1S/C13H16F3N3O/c14-13(15,16)10-4-2-9(3-5-10)11-8-19(7-1-6-17)12(20)18-11/h2-5,11H,1,6-8,17H2,(H,18,20). The van der Waals surface area contributed by atoms with Crippen molar-refractivity contribution in [2.45, 2.75) is 18.6 Å². The predicted octanol–water partition coefficient (Wildman–Crippen LogP) is 2.12. The highest BCUT2D eigenvalue weighted by molar-refractivity contribution is 5.77. The summed E-state index contributed by atoms with van der Waals surface area (Å²) < 4.78 is 37.4. The van der Waals surface area contributed by atoms with Crippen molar-refractivity contribution in [3.05, 3.63) is 35.4 Å². The van der Waals surface area contributed by atoms with Gasteiger partial charge in [-0.1, -0.05) is 12.1 Å². The van der Waals surface area contributed by atoms with E-state index < -0.39 is 11.7 Å². The number of amides is 2. The van der Waals surface area contributed by atoms with Crippen molar-refractivity contribution in [3.8, 4) is 0 Å². The number of nitrogens with one attached hydrogen (secondary N) is 1. The molecular weight excluding hydrogens is 271 g/mol. The van der Waals surface area contributed by atoms with Crippen LogP contribution in [0.1, 0.15) is 23.6 Å². The Balaban J connectivity index is 2.04. The third-order valence-corrected chi connectivity index (χ3v) is 3.26. The topological polar surface area (TPSA) is 58.4 Å². The quantitative estimate of drug-likeness (QED) is 0.891. The highest BCUT2D eigenvalue weighted by Crippen LogP contribution is 2.30. The second-order valence-electron chi connectivity index (χ2n) is 4.71. The van der Waals surface area contributed by atoms with Crippen LogP contribution in [0.4, 0.5) is 18.0 Å². The van der Waals surface area contributed by atoms with E-state index in [2.05, 4.69) is 5.32 Å². The van der Waals surface area contributed by atoms with E-state index in [0.717, 1.165) is 12.1 Å². The van der Waals surface area contributed by atoms with E-state index in [-0.39, 0.29) is 12.1 Å². The first-order valence-corrected chi connectivity index (χ1v) is 6.34. The average Bonchev–Trinajstić information content (AvgIpc) is 2.77. The molecule has 1 aromatic rings. The minimum Gasteiger partial charge on any atom is -0.330 e. The molecule has 0 saturated carbocycles. The number of benzene rings is 1. The van der Waals surface area contributed by atoms with Gasteiger partial charge in [-0.2, -0.15) is 13.2 Å². The number of nitrogens with zero attached hydrogens (tertiary/aromatic N) is 1. The van der Waals surface area contributed by atoms with E-state index in [1.807, 2.05) is 0 Å². The van der Waals surface area contributed by atoms with Crippen LogP contribution >= 0.6 is 0 Å². The van der Waals surface area contributed by atoms with E-state index in [9.17, 15) is 18.0 Å². The third kappa shape index (κ3) is 3.22. The van der Waals surface area contributed by atoms with Gasteiger partial charge in [0.2, 0.25) is 0 Å². The zero-order valence-corrected chi connectivity index (χ0v) is 10.8.